The third kappa shape index (κ3) is 4.69. The van der Waals surface area contributed by atoms with E-state index in [1.807, 2.05) is 12.1 Å². The van der Waals surface area contributed by atoms with Crippen LogP contribution >= 0.6 is 12.4 Å². The summed E-state index contributed by atoms with van der Waals surface area (Å²) in [4.78, 5) is 12.2. The number of benzene rings is 1. The van der Waals surface area contributed by atoms with Crippen molar-refractivity contribution in [3.63, 3.8) is 0 Å². The Morgan fingerprint density at radius 1 is 1.50 bits per heavy atom. The number of nitrogens with one attached hydrogen (secondary N) is 1. The van der Waals surface area contributed by atoms with Gasteiger partial charge in [-0.2, -0.15) is 0 Å². The predicted octanol–water partition coefficient (Wildman–Crippen LogP) is 2.36. The molecule has 1 aliphatic rings. The van der Waals surface area contributed by atoms with Crippen molar-refractivity contribution in [2.45, 2.75) is 32.2 Å². The minimum atomic E-state index is -0.0655. The van der Waals surface area contributed by atoms with Gasteiger partial charge in [-0.25, -0.2) is 0 Å². The van der Waals surface area contributed by atoms with E-state index < -0.39 is 0 Å². The first-order chi connectivity index (χ1) is 9.24. The molecule has 1 aromatic carbocycles. The number of carbonyl (C=O) groups excluding carboxylic acids is 1. The van der Waals surface area contributed by atoms with E-state index in [9.17, 15) is 4.79 Å². The van der Waals surface area contributed by atoms with Gasteiger partial charge in [0.05, 0.1) is 6.61 Å². The number of carbonyl (C=O) groups is 1. The predicted molar refractivity (Wildman–Crippen MR) is 82.5 cm³/mol. The van der Waals surface area contributed by atoms with Gasteiger partial charge in [-0.3, -0.25) is 4.79 Å². The molecule has 1 aromatic rings. The van der Waals surface area contributed by atoms with Crippen LogP contribution in [0.3, 0.4) is 0 Å². The largest absolute Gasteiger partial charge is 0.494 e. The van der Waals surface area contributed by atoms with E-state index in [1.54, 1.807) is 12.1 Å². The van der Waals surface area contributed by atoms with Gasteiger partial charge < -0.3 is 15.8 Å². The molecule has 3 N–H and O–H groups in total. The van der Waals surface area contributed by atoms with Crippen molar-refractivity contribution < 1.29 is 9.53 Å². The zero-order valence-electron chi connectivity index (χ0n) is 11.8. The summed E-state index contributed by atoms with van der Waals surface area (Å²) in [5, 5.41) is 3.01. The standard InChI is InChI=1S/C15H22N2O2.ClH/c1-2-8-19-13-5-3-4-12(9-13)15(18)17-14(10-16)11-6-7-11;/h3-5,9,11,14H,2,6-8,10,16H2,1H3,(H,17,18);1H. The lowest BCUT2D eigenvalue weighted by Crippen LogP contribution is -2.41. The molecule has 1 fully saturated rings. The minimum absolute atomic E-state index is 0. The van der Waals surface area contributed by atoms with Crippen LogP contribution in [0.5, 0.6) is 5.75 Å². The first kappa shape index (κ1) is 16.8. The van der Waals surface area contributed by atoms with Crippen LogP contribution in [-0.4, -0.2) is 25.1 Å². The Morgan fingerprint density at radius 2 is 2.25 bits per heavy atom. The highest BCUT2D eigenvalue weighted by Gasteiger charge is 2.31. The van der Waals surface area contributed by atoms with E-state index in [1.165, 1.54) is 12.8 Å². The van der Waals surface area contributed by atoms with Gasteiger partial charge in [-0.1, -0.05) is 13.0 Å². The Balaban J connectivity index is 0.00000200. The molecule has 0 bridgehead atoms. The Labute approximate surface area is 126 Å². The maximum Gasteiger partial charge on any atom is 0.251 e. The van der Waals surface area contributed by atoms with Gasteiger partial charge in [0, 0.05) is 18.2 Å². The third-order valence-electron chi connectivity index (χ3n) is 3.33. The number of rotatable bonds is 7. The molecule has 0 heterocycles. The lowest BCUT2D eigenvalue weighted by Gasteiger charge is -2.16. The number of hydrogen-bond acceptors (Lipinski definition) is 3. The second-order valence-electron chi connectivity index (χ2n) is 5.03. The molecule has 5 heteroatoms. The topological polar surface area (TPSA) is 64.3 Å². The van der Waals surface area contributed by atoms with Gasteiger partial charge in [0.15, 0.2) is 0 Å². The Hall–Kier alpha value is -1.26. The fourth-order valence-corrected chi connectivity index (χ4v) is 2.07. The van der Waals surface area contributed by atoms with Crippen LogP contribution in [0.4, 0.5) is 0 Å². The van der Waals surface area contributed by atoms with E-state index in [0.717, 1.165) is 12.2 Å². The third-order valence-corrected chi connectivity index (χ3v) is 3.33. The maximum atomic E-state index is 12.2. The molecule has 0 aliphatic heterocycles. The average Bonchev–Trinajstić information content (AvgIpc) is 3.27. The molecule has 0 radical (unpaired) electrons. The summed E-state index contributed by atoms with van der Waals surface area (Å²) < 4.78 is 5.53. The van der Waals surface area contributed by atoms with E-state index in [2.05, 4.69) is 12.2 Å². The molecular weight excluding hydrogens is 276 g/mol. The highest BCUT2D eigenvalue weighted by atomic mass is 35.5. The van der Waals surface area contributed by atoms with E-state index in [-0.39, 0.29) is 24.4 Å². The van der Waals surface area contributed by atoms with Gasteiger partial charge in [0.25, 0.3) is 5.91 Å². The van der Waals surface area contributed by atoms with Crippen LogP contribution in [0.2, 0.25) is 0 Å². The average molecular weight is 299 g/mol. The van der Waals surface area contributed by atoms with Gasteiger partial charge in [-0.05, 0) is 43.4 Å². The van der Waals surface area contributed by atoms with Gasteiger partial charge in [0.2, 0.25) is 0 Å². The molecule has 112 valence electrons. The summed E-state index contributed by atoms with van der Waals surface area (Å²) in [6.45, 7) is 3.22. The molecule has 20 heavy (non-hydrogen) atoms. The maximum absolute atomic E-state index is 12.2. The van der Waals surface area contributed by atoms with Crippen LogP contribution in [0.25, 0.3) is 0 Å². The highest BCUT2D eigenvalue weighted by molar-refractivity contribution is 5.94. The normalized spacial score (nSPS) is 15.1. The second-order valence-corrected chi connectivity index (χ2v) is 5.03. The lowest BCUT2D eigenvalue weighted by atomic mass is 10.1. The summed E-state index contributed by atoms with van der Waals surface area (Å²) in [5.41, 5.74) is 6.33. The van der Waals surface area contributed by atoms with E-state index in [4.69, 9.17) is 10.5 Å². The number of halogens is 1. The molecule has 2 rings (SSSR count). The Morgan fingerprint density at radius 3 is 2.85 bits per heavy atom. The lowest BCUT2D eigenvalue weighted by molar-refractivity contribution is 0.0933. The van der Waals surface area contributed by atoms with E-state index >= 15 is 0 Å². The smallest absolute Gasteiger partial charge is 0.251 e. The number of hydrogen-bond donors (Lipinski definition) is 2. The molecule has 0 saturated heterocycles. The summed E-state index contributed by atoms with van der Waals surface area (Å²) in [6.07, 6.45) is 3.29. The number of ether oxygens (including phenoxy) is 1. The molecular formula is C15H23ClN2O2. The molecule has 1 amide bonds. The van der Waals surface area contributed by atoms with Crippen molar-refractivity contribution in [1.29, 1.82) is 0 Å². The van der Waals surface area contributed by atoms with Gasteiger partial charge >= 0.3 is 0 Å². The van der Waals surface area contributed by atoms with E-state index in [0.29, 0.717) is 24.6 Å². The molecule has 1 unspecified atom stereocenters. The van der Waals surface area contributed by atoms with Crippen LogP contribution < -0.4 is 15.8 Å². The fourth-order valence-electron chi connectivity index (χ4n) is 2.07. The summed E-state index contributed by atoms with van der Waals surface area (Å²) in [7, 11) is 0. The van der Waals surface area contributed by atoms with Crippen LogP contribution in [0.15, 0.2) is 24.3 Å². The quantitative estimate of drug-likeness (QED) is 0.812. The summed E-state index contributed by atoms with van der Waals surface area (Å²) >= 11 is 0. The fraction of sp³-hybridized carbons (Fsp3) is 0.533. The first-order valence-corrected chi connectivity index (χ1v) is 6.98. The molecule has 1 saturated carbocycles. The van der Waals surface area contributed by atoms with Crippen molar-refractivity contribution in [1.82, 2.24) is 5.32 Å². The first-order valence-electron chi connectivity index (χ1n) is 6.98. The second kappa shape index (κ2) is 8.12. The summed E-state index contributed by atoms with van der Waals surface area (Å²) in [5.74, 6) is 1.24. The Kier molecular flexibility index (Phi) is 6.82. The SMILES string of the molecule is CCCOc1cccc(C(=O)NC(CN)C2CC2)c1.Cl. The molecule has 0 spiro atoms. The molecule has 1 aliphatic carbocycles. The summed E-state index contributed by atoms with van der Waals surface area (Å²) in [6, 6.07) is 7.40. The zero-order valence-corrected chi connectivity index (χ0v) is 12.6. The van der Waals surface area contributed by atoms with Crippen molar-refractivity contribution in [3.05, 3.63) is 29.8 Å². The molecule has 0 aromatic heterocycles. The van der Waals surface area contributed by atoms with Gasteiger partial charge in [-0.15, -0.1) is 12.4 Å². The van der Waals surface area contributed by atoms with Gasteiger partial charge in [0.1, 0.15) is 5.75 Å². The van der Waals surface area contributed by atoms with Crippen molar-refractivity contribution >= 4 is 18.3 Å². The number of amides is 1. The van der Waals surface area contributed by atoms with Crippen molar-refractivity contribution in [2.75, 3.05) is 13.2 Å². The minimum Gasteiger partial charge on any atom is -0.494 e. The van der Waals surface area contributed by atoms with Crippen LogP contribution in [-0.2, 0) is 0 Å². The Bertz CT molecular complexity index is 436. The zero-order chi connectivity index (χ0) is 13.7. The molecule has 1 atom stereocenters. The van der Waals surface area contributed by atoms with Crippen molar-refractivity contribution in [2.24, 2.45) is 11.7 Å². The van der Waals surface area contributed by atoms with Crippen LogP contribution in [0, 0.1) is 5.92 Å². The van der Waals surface area contributed by atoms with Crippen molar-refractivity contribution in [3.8, 4) is 5.75 Å². The molecule has 4 nitrogen and oxygen atoms in total. The number of nitrogens with two attached hydrogens (primary N) is 1. The monoisotopic (exact) mass is 298 g/mol. The van der Waals surface area contributed by atoms with Crippen LogP contribution in [0.1, 0.15) is 36.5 Å². The highest BCUT2D eigenvalue weighted by Crippen LogP contribution is 2.32.